The molecule has 0 aliphatic rings. The van der Waals surface area contributed by atoms with Gasteiger partial charge in [-0.15, -0.1) is 0 Å². The molecule has 27 heavy (non-hydrogen) atoms. The van der Waals surface area contributed by atoms with Crippen molar-refractivity contribution in [2.45, 2.75) is 0 Å². The number of ether oxygens (including phenoxy) is 2. The Morgan fingerprint density at radius 1 is 1.19 bits per heavy atom. The van der Waals surface area contributed by atoms with Crippen LogP contribution in [0.1, 0.15) is 5.56 Å². The summed E-state index contributed by atoms with van der Waals surface area (Å²) in [4.78, 5) is 11.8. The van der Waals surface area contributed by atoms with Crippen LogP contribution in [0, 0.1) is 0 Å². The van der Waals surface area contributed by atoms with Crippen LogP contribution in [0.25, 0.3) is 5.69 Å². The van der Waals surface area contributed by atoms with Crippen LogP contribution in [-0.4, -0.2) is 30.4 Å². The largest absolute Gasteiger partial charge is 0.497 e. The first kappa shape index (κ1) is 18.7. The number of carbonyl (C=O) groups is 1. The molecule has 138 valence electrons. The smallest absolute Gasteiger partial charge is 0.277 e. The maximum Gasteiger partial charge on any atom is 0.277 e. The van der Waals surface area contributed by atoms with Crippen molar-refractivity contribution in [2.75, 3.05) is 13.7 Å². The highest BCUT2D eigenvalue weighted by Crippen LogP contribution is 2.17. The summed E-state index contributed by atoms with van der Waals surface area (Å²) in [7, 11) is 1.64. The van der Waals surface area contributed by atoms with E-state index in [1.807, 2.05) is 59.4 Å². The summed E-state index contributed by atoms with van der Waals surface area (Å²) in [5.41, 5.74) is 4.31. The third-order valence-electron chi connectivity index (χ3n) is 3.66. The fourth-order valence-electron chi connectivity index (χ4n) is 2.32. The number of nitrogens with one attached hydrogen (secondary N) is 1. The normalized spacial score (nSPS) is 10.7. The molecule has 0 radical (unpaired) electrons. The minimum absolute atomic E-state index is 0.110. The van der Waals surface area contributed by atoms with Crippen molar-refractivity contribution in [2.24, 2.45) is 5.10 Å². The minimum Gasteiger partial charge on any atom is -0.497 e. The maximum absolute atomic E-state index is 11.8. The monoisotopic (exact) mass is 427 g/mol. The fraction of sp³-hybridized carbons (Fsp3) is 0.100. The zero-order chi connectivity index (χ0) is 19.1. The average molecular weight is 428 g/mol. The molecule has 0 saturated heterocycles. The highest BCUT2D eigenvalue weighted by Gasteiger charge is 2.02. The molecular weight excluding hydrogens is 410 g/mol. The van der Waals surface area contributed by atoms with E-state index in [1.54, 1.807) is 25.5 Å². The van der Waals surface area contributed by atoms with E-state index in [0.717, 1.165) is 21.5 Å². The van der Waals surface area contributed by atoms with E-state index in [9.17, 15) is 4.79 Å². The van der Waals surface area contributed by atoms with Crippen LogP contribution in [0.3, 0.4) is 0 Å². The Bertz CT molecular complexity index is 936. The van der Waals surface area contributed by atoms with Crippen molar-refractivity contribution in [3.8, 4) is 17.2 Å². The van der Waals surface area contributed by atoms with E-state index < -0.39 is 0 Å². The van der Waals surface area contributed by atoms with Crippen LogP contribution in [-0.2, 0) is 4.79 Å². The third kappa shape index (κ3) is 5.46. The number of hydrogen-bond donors (Lipinski definition) is 1. The first-order valence-electron chi connectivity index (χ1n) is 8.17. The Kier molecular flexibility index (Phi) is 6.27. The summed E-state index contributed by atoms with van der Waals surface area (Å²) in [5.74, 6) is 1.08. The van der Waals surface area contributed by atoms with Crippen molar-refractivity contribution in [3.05, 3.63) is 77.0 Å². The molecule has 7 heteroatoms. The molecule has 1 aromatic heterocycles. The predicted molar refractivity (Wildman–Crippen MR) is 108 cm³/mol. The van der Waals surface area contributed by atoms with Gasteiger partial charge in [-0.05, 0) is 48.5 Å². The number of aromatic nitrogens is 1. The Balaban J connectivity index is 1.50. The lowest BCUT2D eigenvalue weighted by Gasteiger charge is -2.05. The van der Waals surface area contributed by atoms with Crippen molar-refractivity contribution in [1.82, 2.24) is 9.99 Å². The Hall–Kier alpha value is -3.06. The summed E-state index contributed by atoms with van der Waals surface area (Å²) in [5, 5.41) is 3.96. The zero-order valence-electron chi connectivity index (χ0n) is 14.6. The van der Waals surface area contributed by atoms with E-state index in [1.165, 1.54) is 0 Å². The molecule has 0 aliphatic heterocycles. The number of amides is 1. The summed E-state index contributed by atoms with van der Waals surface area (Å²) in [6.45, 7) is -0.110. The molecule has 1 N–H and O–H groups in total. The SMILES string of the molecule is COc1ccc(-n2ccc(/C=N/NC(=O)COc3cccc(Br)c3)c2)cc1. The molecule has 0 unspecified atom stereocenters. The predicted octanol–water partition coefficient (Wildman–Crippen LogP) is 3.78. The van der Waals surface area contributed by atoms with E-state index in [-0.39, 0.29) is 12.5 Å². The van der Waals surface area contributed by atoms with E-state index in [4.69, 9.17) is 9.47 Å². The number of methoxy groups -OCH3 is 1. The third-order valence-corrected chi connectivity index (χ3v) is 4.15. The molecule has 1 amide bonds. The van der Waals surface area contributed by atoms with Crippen LogP contribution in [0.15, 0.2) is 76.6 Å². The number of carbonyl (C=O) groups excluding carboxylic acids is 1. The number of rotatable bonds is 7. The van der Waals surface area contributed by atoms with Crippen LogP contribution in [0.4, 0.5) is 0 Å². The van der Waals surface area contributed by atoms with E-state index in [0.29, 0.717) is 5.75 Å². The van der Waals surface area contributed by atoms with Gasteiger partial charge in [0.1, 0.15) is 11.5 Å². The lowest BCUT2D eigenvalue weighted by atomic mass is 10.3. The van der Waals surface area contributed by atoms with Gasteiger partial charge in [0, 0.05) is 28.1 Å². The van der Waals surface area contributed by atoms with Crippen LogP contribution in [0.2, 0.25) is 0 Å². The van der Waals surface area contributed by atoms with Gasteiger partial charge >= 0.3 is 0 Å². The topological polar surface area (TPSA) is 64.8 Å². The fourth-order valence-corrected chi connectivity index (χ4v) is 2.70. The van der Waals surface area contributed by atoms with Crippen molar-refractivity contribution < 1.29 is 14.3 Å². The summed E-state index contributed by atoms with van der Waals surface area (Å²) < 4.78 is 13.4. The second kappa shape index (κ2) is 9.05. The molecule has 0 bridgehead atoms. The van der Waals surface area contributed by atoms with Gasteiger partial charge < -0.3 is 14.0 Å². The molecule has 0 fully saturated rings. The van der Waals surface area contributed by atoms with Gasteiger partial charge in [0.05, 0.1) is 13.3 Å². The quantitative estimate of drug-likeness (QED) is 0.460. The second-order valence-electron chi connectivity index (χ2n) is 5.59. The lowest BCUT2D eigenvalue weighted by molar-refractivity contribution is -0.123. The van der Waals surface area contributed by atoms with Gasteiger partial charge in [-0.25, -0.2) is 5.43 Å². The molecule has 1 heterocycles. The van der Waals surface area contributed by atoms with Crippen molar-refractivity contribution in [1.29, 1.82) is 0 Å². The van der Waals surface area contributed by atoms with Gasteiger partial charge in [0.15, 0.2) is 6.61 Å². The molecule has 6 nitrogen and oxygen atoms in total. The molecule has 3 aromatic rings. The number of nitrogens with zero attached hydrogens (tertiary/aromatic N) is 2. The van der Waals surface area contributed by atoms with E-state index >= 15 is 0 Å². The highest BCUT2D eigenvalue weighted by molar-refractivity contribution is 9.10. The Morgan fingerprint density at radius 2 is 2.00 bits per heavy atom. The Labute approximate surface area is 165 Å². The second-order valence-corrected chi connectivity index (χ2v) is 6.51. The first-order chi connectivity index (χ1) is 13.1. The maximum atomic E-state index is 11.8. The molecule has 2 aromatic carbocycles. The summed E-state index contributed by atoms with van der Waals surface area (Å²) in [6.07, 6.45) is 5.41. The highest BCUT2D eigenvalue weighted by atomic mass is 79.9. The van der Waals surface area contributed by atoms with Crippen LogP contribution >= 0.6 is 15.9 Å². The minimum atomic E-state index is -0.333. The standard InChI is InChI=1S/C20H18BrN3O3/c1-26-18-7-5-17(6-8-18)24-10-9-15(13-24)12-22-23-20(25)14-27-19-4-2-3-16(21)11-19/h2-13H,14H2,1H3,(H,23,25)/b22-12+. The van der Waals surface area contributed by atoms with Crippen LogP contribution < -0.4 is 14.9 Å². The van der Waals surface area contributed by atoms with Gasteiger partial charge in [0.2, 0.25) is 0 Å². The number of benzene rings is 2. The summed E-state index contributed by atoms with van der Waals surface area (Å²) >= 11 is 3.35. The lowest BCUT2D eigenvalue weighted by Crippen LogP contribution is -2.24. The molecule has 0 spiro atoms. The van der Waals surface area contributed by atoms with Crippen molar-refractivity contribution >= 4 is 28.1 Å². The van der Waals surface area contributed by atoms with Gasteiger partial charge in [-0.2, -0.15) is 5.10 Å². The zero-order valence-corrected chi connectivity index (χ0v) is 16.2. The van der Waals surface area contributed by atoms with E-state index in [2.05, 4.69) is 26.5 Å². The number of halogens is 1. The molecule has 0 atom stereocenters. The van der Waals surface area contributed by atoms with Crippen LogP contribution in [0.5, 0.6) is 11.5 Å². The first-order valence-corrected chi connectivity index (χ1v) is 8.96. The summed E-state index contributed by atoms with van der Waals surface area (Å²) in [6, 6.07) is 16.9. The van der Waals surface area contributed by atoms with Gasteiger partial charge in [-0.3, -0.25) is 4.79 Å². The molecule has 0 saturated carbocycles. The molecule has 0 aliphatic carbocycles. The molecule has 3 rings (SSSR count). The van der Waals surface area contributed by atoms with Crippen molar-refractivity contribution in [3.63, 3.8) is 0 Å². The molecular formula is C20H18BrN3O3. The van der Waals surface area contributed by atoms with Gasteiger partial charge in [-0.1, -0.05) is 22.0 Å². The van der Waals surface area contributed by atoms with Gasteiger partial charge in [0.25, 0.3) is 5.91 Å². The number of hydrogen-bond acceptors (Lipinski definition) is 4. The average Bonchev–Trinajstić information content (AvgIpc) is 3.15. The Morgan fingerprint density at radius 3 is 2.74 bits per heavy atom. The number of hydrazone groups is 1.